The van der Waals surface area contributed by atoms with E-state index in [1.807, 2.05) is 0 Å². The largest absolute Gasteiger partial charge is 0.296 e. The first-order valence-corrected chi connectivity index (χ1v) is 10.3. The van der Waals surface area contributed by atoms with Crippen molar-refractivity contribution < 1.29 is 4.79 Å². The lowest BCUT2D eigenvalue weighted by Gasteiger charge is -2.04. The van der Waals surface area contributed by atoms with Crippen molar-refractivity contribution in [3.8, 4) is 0 Å². The molecule has 0 saturated heterocycles. The summed E-state index contributed by atoms with van der Waals surface area (Å²) in [5, 5.41) is 11.7. The third kappa shape index (κ3) is 5.04. The molecule has 0 saturated carbocycles. The molecule has 0 aliphatic heterocycles. The maximum atomic E-state index is 12.3. The van der Waals surface area contributed by atoms with Gasteiger partial charge in [0.25, 0.3) is 5.91 Å². The Kier molecular flexibility index (Phi) is 6.11. The van der Waals surface area contributed by atoms with Crippen LogP contribution in [-0.2, 0) is 5.75 Å². The fraction of sp³-hybridized carbons (Fsp3) is 0.118. The molecule has 0 radical (unpaired) electrons. The van der Waals surface area contributed by atoms with E-state index in [1.54, 1.807) is 30.0 Å². The summed E-state index contributed by atoms with van der Waals surface area (Å²) in [5.41, 5.74) is 2.85. The zero-order valence-electron chi connectivity index (χ0n) is 13.1. The standard InChI is InChI=1S/C17H13BrClN3OS2/c1-10-2-4-11(5-3-10)9-24-17-22-21-16(25-17)20-15(23)13-8-12(18)6-7-14(13)19/h2-8H,9H2,1H3,(H,20,21,23). The van der Waals surface area contributed by atoms with Crippen molar-refractivity contribution in [1.82, 2.24) is 10.2 Å². The molecule has 4 nitrogen and oxygen atoms in total. The topological polar surface area (TPSA) is 54.9 Å². The van der Waals surface area contributed by atoms with Gasteiger partial charge in [-0.05, 0) is 30.7 Å². The lowest BCUT2D eigenvalue weighted by molar-refractivity contribution is 0.102. The second-order valence-corrected chi connectivity index (χ2v) is 8.75. The molecule has 0 unspecified atom stereocenters. The van der Waals surface area contributed by atoms with Gasteiger partial charge >= 0.3 is 0 Å². The summed E-state index contributed by atoms with van der Waals surface area (Å²) in [6.45, 7) is 2.06. The maximum absolute atomic E-state index is 12.3. The molecule has 0 bridgehead atoms. The number of benzene rings is 2. The molecule has 1 N–H and O–H groups in total. The normalized spacial score (nSPS) is 10.7. The molecule has 0 fully saturated rings. The van der Waals surface area contributed by atoms with E-state index in [0.29, 0.717) is 15.7 Å². The highest BCUT2D eigenvalue weighted by atomic mass is 79.9. The maximum Gasteiger partial charge on any atom is 0.259 e. The van der Waals surface area contributed by atoms with Crippen LogP contribution in [-0.4, -0.2) is 16.1 Å². The molecular weight excluding hydrogens is 442 g/mol. The van der Waals surface area contributed by atoms with Crippen molar-refractivity contribution in [3.63, 3.8) is 0 Å². The predicted octanol–water partition coefficient (Wildman–Crippen LogP) is 5.81. The van der Waals surface area contributed by atoms with Crippen LogP contribution in [0.3, 0.4) is 0 Å². The Hall–Kier alpha value is -1.41. The van der Waals surface area contributed by atoms with Gasteiger partial charge in [-0.3, -0.25) is 10.1 Å². The number of nitrogens with one attached hydrogen (secondary N) is 1. The molecule has 0 spiro atoms. The number of carbonyl (C=O) groups excluding carboxylic acids is 1. The molecule has 1 aromatic heterocycles. The molecule has 2 aromatic carbocycles. The van der Waals surface area contributed by atoms with Crippen LogP contribution in [0.15, 0.2) is 51.3 Å². The highest BCUT2D eigenvalue weighted by Gasteiger charge is 2.14. The van der Waals surface area contributed by atoms with E-state index in [4.69, 9.17) is 11.6 Å². The number of thioether (sulfide) groups is 1. The second kappa shape index (κ2) is 8.31. The van der Waals surface area contributed by atoms with Gasteiger partial charge in [-0.1, -0.05) is 80.5 Å². The van der Waals surface area contributed by atoms with Gasteiger partial charge in [-0.15, -0.1) is 10.2 Å². The Morgan fingerprint density at radius 1 is 1.24 bits per heavy atom. The summed E-state index contributed by atoms with van der Waals surface area (Å²) < 4.78 is 1.59. The molecule has 3 aromatic rings. The Labute approximate surface area is 167 Å². The van der Waals surface area contributed by atoms with Gasteiger partial charge in [-0.25, -0.2) is 0 Å². The Balaban J connectivity index is 1.62. The molecule has 1 amide bonds. The third-order valence-corrected chi connectivity index (χ3v) is 6.15. The highest BCUT2D eigenvalue weighted by molar-refractivity contribution is 9.10. The highest BCUT2D eigenvalue weighted by Crippen LogP contribution is 2.29. The average molecular weight is 455 g/mol. The van der Waals surface area contributed by atoms with Crippen LogP contribution in [0.5, 0.6) is 0 Å². The Morgan fingerprint density at radius 2 is 2.00 bits per heavy atom. The fourth-order valence-corrected chi connectivity index (χ4v) is 4.25. The number of anilines is 1. The number of hydrogen-bond donors (Lipinski definition) is 1. The first kappa shape index (κ1) is 18.4. The van der Waals surface area contributed by atoms with Crippen LogP contribution in [0.1, 0.15) is 21.5 Å². The van der Waals surface area contributed by atoms with Crippen LogP contribution in [0, 0.1) is 6.92 Å². The first-order valence-electron chi connectivity index (χ1n) is 7.29. The minimum Gasteiger partial charge on any atom is -0.296 e. The Morgan fingerprint density at radius 3 is 2.76 bits per heavy atom. The second-order valence-electron chi connectivity index (χ2n) is 5.23. The zero-order chi connectivity index (χ0) is 17.8. The van der Waals surface area contributed by atoms with E-state index in [9.17, 15) is 4.79 Å². The number of halogens is 2. The molecule has 25 heavy (non-hydrogen) atoms. The van der Waals surface area contributed by atoms with E-state index in [-0.39, 0.29) is 5.91 Å². The van der Waals surface area contributed by atoms with Gasteiger partial charge in [0.15, 0.2) is 4.34 Å². The number of hydrogen-bond acceptors (Lipinski definition) is 5. The van der Waals surface area contributed by atoms with Gasteiger partial charge in [-0.2, -0.15) is 0 Å². The zero-order valence-corrected chi connectivity index (χ0v) is 17.1. The van der Waals surface area contributed by atoms with Gasteiger partial charge in [0.2, 0.25) is 5.13 Å². The SMILES string of the molecule is Cc1ccc(CSc2nnc(NC(=O)c3cc(Br)ccc3Cl)s2)cc1. The summed E-state index contributed by atoms with van der Waals surface area (Å²) in [5.74, 6) is 0.498. The average Bonchev–Trinajstić information content (AvgIpc) is 3.04. The number of rotatable bonds is 5. The van der Waals surface area contributed by atoms with Crippen molar-refractivity contribution in [2.75, 3.05) is 5.32 Å². The van der Waals surface area contributed by atoms with Gasteiger partial charge in [0.1, 0.15) is 0 Å². The lowest BCUT2D eigenvalue weighted by Crippen LogP contribution is -2.12. The van der Waals surface area contributed by atoms with Gasteiger partial charge in [0, 0.05) is 10.2 Å². The van der Waals surface area contributed by atoms with Crippen LogP contribution < -0.4 is 5.32 Å². The molecule has 0 atom stereocenters. The van der Waals surface area contributed by atoms with Crippen molar-refractivity contribution in [3.05, 3.63) is 68.7 Å². The summed E-state index contributed by atoms with van der Waals surface area (Å²) in [4.78, 5) is 12.3. The van der Waals surface area contributed by atoms with E-state index in [0.717, 1.165) is 14.6 Å². The number of nitrogens with zero attached hydrogens (tertiary/aromatic N) is 2. The van der Waals surface area contributed by atoms with Crippen LogP contribution in [0.2, 0.25) is 5.02 Å². The molecule has 8 heteroatoms. The Bertz CT molecular complexity index is 899. The number of aryl methyl sites for hydroxylation is 1. The number of carbonyl (C=O) groups is 1. The quantitative estimate of drug-likeness (QED) is 0.390. The van der Waals surface area contributed by atoms with Crippen molar-refractivity contribution in [1.29, 1.82) is 0 Å². The van der Waals surface area contributed by atoms with Gasteiger partial charge in [0.05, 0.1) is 10.6 Å². The molecule has 0 aliphatic rings. The molecule has 0 aliphatic carbocycles. The smallest absolute Gasteiger partial charge is 0.259 e. The molecule has 128 valence electrons. The minimum atomic E-state index is -0.308. The first-order chi connectivity index (χ1) is 12.0. The third-order valence-electron chi connectivity index (χ3n) is 3.28. The number of aromatic nitrogens is 2. The van der Waals surface area contributed by atoms with Crippen LogP contribution in [0.25, 0.3) is 0 Å². The van der Waals surface area contributed by atoms with E-state index in [1.165, 1.54) is 22.5 Å². The fourth-order valence-electron chi connectivity index (χ4n) is 1.98. The summed E-state index contributed by atoms with van der Waals surface area (Å²) in [7, 11) is 0. The van der Waals surface area contributed by atoms with Crippen LogP contribution in [0.4, 0.5) is 5.13 Å². The van der Waals surface area contributed by atoms with Crippen molar-refractivity contribution in [2.24, 2.45) is 0 Å². The predicted molar refractivity (Wildman–Crippen MR) is 108 cm³/mol. The number of amides is 1. The minimum absolute atomic E-state index is 0.308. The summed E-state index contributed by atoms with van der Waals surface area (Å²) >= 11 is 12.3. The molecular formula is C17H13BrClN3OS2. The van der Waals surface area contributed by atoms with Gasteiger partial charge < -0.3 is 0 Å². The van der Waals surface area contributed by atoms with E-state index in [2.05, 4.69) is 62.6 Å². The van der Waals surface area contributed by atoms with Crippen molar-refractivity contribution >= 4 is 61.7 Å². The summed E-state index contributed by atoms with van der Waals surface area (Å²) in [6.07, 6.45) is 0. The van der Waals surface area contributed by atoms with Crippen LogP contribution >= 0.6 is 50.6 Å². The monoisotopic (exact) mass is 453 g/mol. The lowest BCUT2D eigenvalue weighted by atomic mass is 10.2. The van der Waals surface area contributed by atoms with E-state index < -0.39 is 0 Å². The van der Waals surface area contributed by atoms with E-state index >= 15 is 0 Å². The summed E-state index contributed by atoms with van der Waals surface area (Å²) in [6, 6.07) is 13.5. The van der Waals surface area contributed by atoms with Crippen molar-refractivity contribution in [2.45, 2.75) is 17.0 Å². The molecule has 3 rings (SSSR count). The molecule has 1 heterocycles.